The van der Waals surface area contributed by atoms with Gasteiger partial charge in [-0.3, -0.25) is 4.90 Å². The Balaban J connectivity index is 2.64. The molecule has 1 N–H and O–H groups in total. The average molecular weight is 258 g/mol. The number of nitrogens with zero attached hydrogens (tertiary/aromatic N) is 1. The zero-order chi connectivity index (χ0) is 13.5. The molecule has 1 unspecified atom stereocenters. The van der Waals surface area contributed by atoms with E-state index in [9.17, 15) is 8.78 Å². The highest BCUT2D eigenvalue weighted by atomic mass is 19.3. The van der Waals surface area contributed by atoms with Crippen molar-refractivity contribution in [3.63, 3.8) is 0 Å². The second kappa shape index (κ2) is 7.28. The van der Waals surface area contributed by atoms with Crippen LogP contribution in [0.4, 0.5) is 8.78 Å². The van der Waals surface area contributed by atoms with Crippen LogP contribution in [0, 0.1) is 0 Å². The number of hydrogen-bond acceptors (Lipinski definition) is 3. The van der Waals surface area contributed by atoms with Crippen LogP contribution in [-0.4, -0.2) is 45.6 Å². The molecule has 0 aliphatic rings. The summed E-state index contributed by atoms with van der Waals surface area (Å²) in [6.07, 6.45) is -2.30. The van der Waals surface area contributed by atoms with Gasteiger partial charge in [0.2, 0.25) is 0 Å². The van der Waals surface area contributed by atoms with E-state index in [1.165, 1.54) is 0 Å². The van der Waals surface area contributed by atoms with Gasteiger partial charge in [-0.15, -0.1) is 0 Å². The molecule has 18 heavy (non-hydrogen) atoms. The lowest BCUT2D eigenvalue weighted by Crippen LogP contribution is -2.34. The Bertz CT molecular complexity index is 343. The van der Waals surface area contributed by atoms with Crippen LogP contribution >= 0.6 is 0 Å². The van der Waals surface area contributed by atoms with Crippen LogP contribution in [0.3, 0.4) is 0 Å². The van der Waals surface area contributed by atoms with Crippen molar-refractivity contribution in [1.29, 1.82) is 0 Å². The van der Waals surface area contributed by atoms with Crippen LogP contribution in [0.5, 0.6) is 5.75 Å². The second-order valence-electron chi connectivity index (χ2n) is 4.23. The van der Waals surface area contributed by atoms with Crippen LogP contribution in [0.2, 0.25) is 0 Å². The summed E-state index contributed by atoms with van der Waals surface area (Å²) in [6.45, 7) is 0.321. The molecule has 5 heteroatoms. The fourth-order valence-corrected chi connectivity index (χ4v) is 1.82. The second-order valence-corrected chi connectivity index (χ2v) is 4.23. The zero-order valence-corrected chi connectivity index (χ0v) is 11.0. The summed E-state index contributed by atoms with van der Waals surface area (Å²) in [5.41, 5.74) is 1.06. The summed E-state index contributed by atoms with van der Waals surface area (Å²) >= 11 is 0. The van der Waals surface area contributed by atoms with Crippen molar-refractivity contribution in [2.45, 2.75) is 12.5 Å². The number of benzene rings is 1. The van der Waals surface area contributed by atoms with Crippen LogP contribution in [0.1, 0.15) is 11.6 Å². The standard InChI is InChI=1S/C13H20F2N2O/c1-16-12(8-17(2)9-13(14)15)10-4-6-11(18-3)7-5-10/h4-7,12-13,16H,8-9H2,1-3H3. The van der Waals surface area contributed by atoms with Gasteiger partial charge in [0.05, 0.1) is 13.7 Å². The predicted molar refractivity (Wildman–Crippen MR) is 68.3 cm³/mol. The molecule has 1 atom stereocenters. The Morgan fingerprint density at radius 3 is 2.28 bits per heavy atom. The van der Waals surface area contributed by atoms with E-state index >= 15 is 0 Å². The molecule has 3 nitrogen and oxygen atoms in total. The van der Waals surface area contributed by atoms with E-state index in [-0.39, 0.29) is 12.6 Å². The maximum absolute atomic E-state index is 12.3. The van der Waals surface area contributed by atoms with E-state index in [0.717, 1.165) is 11.3 Å². The van der Waals surface area contributed by atoms with E-state index in [4.69, 9.17) is 4.74 Å². The van der Waals surface area contributed by atoms with Gasteiger partial charge in [0, 0.05) is 12.6 Å². The number of halogens is 2. The Morgan fingerprint density at radius 1 is 1.22 bits per heavy atom. The van der Waals surface area contributed by atoms with Gasteiger partial charge in [0.25, 0.3) is 6.43 Å². The summed E-state index contributed by atoms with van der Waals surface area (Å²) in [4.78, 5) is 1.62. The summed E-state index contributed by atoms with van der Waals surface area (Å²) in [5, 5.41) is 3.13. The number of nitrogens with one attached hydrogen (secondary N) is 1. The lowest BCUT2D eigenvalue weighted by atomic mass is 10.1. The molecule has 0 aliphatic carbocycles. The zero-order valence-electron chi connectivity index (χ0n) is 11.0. The first-order valence-corrected chi connectivity index (χ1v) is 5.84. The fraction of sp³-hybridized carbons (Fsp3) is 0.538. The van der Waals surface area contributed by atoms with Gasteiger partial charge in [0.1, 0.15) is 5.75 Å². The molecule has 0 amide bonds. The molecule has 0 saturated heterocycles. The van der Waals surface area contributed by atoms with Crippen LogP contribution < -0.4 is 10.1 Å². The molecule has 0 radical (unpaired) electrons. The van der Waals surface area contributed by atoms with Crippen LogP contribution in [0.15, 0.2) is 24.3 Å². The normalized spacial score (nSPS) is 13.1. The minimum atomic E-state index is -2.30. The maximum Gasteiger partial charge on any atom is 0.251 e. The minimum absolute atomic E-state index is 0.0275. The molecular formula is C13H20F2N2O. The molecular weight excluding hydrogens is 238 g/mol. The van der Waals surface area contributed by atoms with Crippen molar-refractivity contribution in [1.82, 2.24) is 10.2 Å². The van der Waals surface area contributed by atoms with Gasteiger partial charge < -0.3 is 10.1 Å². The Kier molecular flexibility index (Phi) is 6.01. The topological polar surface area (TPSA) is 24.5 Å². The molecule has 0 spiro atoms. The van der Waals surface area contributed by atoms with Crippen molar-refractivity contribution >= 4 is 0 Å². The monoisotopic (exact) mass is 258 g/mol. The number of likely N-dealkylation sites (N-methyl/N-ethyl adjacent to an activating group) is 2. The lowest BCUT2D eigenvalue weighted by molar-refractivity contribution is 0.0963. The minimum Gasteiger partial charge on any atom is -0.497 e. The molecule has 0 heterocycles. The molecule has 1 aromatic carbocycles. The first-order valence-electron chi connectivity index (χ1n) is 5.84. The SMILES string of the molecule is CNC(CN(C)CC(F)F)c1ccc(OC)cc1. The third-order valence-corrected chi connectivity index (χ3v) is 2.81. The average Bonchev–Trinajstić information content (AvgIpc) is 2.35. The fourth-order valence-electron chi connectivity index (χ4n) is 1.82. The number of methoxy groups -OCH3 is 1. The van der Waals surface area contributed by atoms with Crippen molar-refractivity contribution in [3.05, 3.63) is 29.8 Å². The predicted octanol–water partition coefficient (Wildman–Crippen LogP) is 2.15. The molecule has 102 valence electrons. The Labute approximate surface area is 107 Å². The molecule has 0 saturated carbocycles. The third-order valence-electron chi connectivity index (χ3n) is 2.81. The van der Waals surface area contributed by atoms with Crippen molar-refractivity contribution in [3.8, 4) is 5.75 Å². The Morgan fingerprint density at radius 2 is 1.83 bits per heavy atom. The molecule has 0 bridgehead atoms. The van der Waals surface area contributed by atoms with Crippen molar-refractivity contribution < 1.29 is 13.5 Å². The Hall–Kier alpha value is -1.20. The highest BCUT2D eigenvalue weighted by Gasteiger charge is 2.14. The molecule has 0 aromatic heterocycles. The summed E-state index contributed by atoms with van der Waals surface area (Å²) in [6, 6.07) is 7.64. The van der Waals surface area contributed by atoms with Crippen LogP contribution in [0.25, 0.3) is 0 Å². The summed E-state index contributed by atoms with van der Waals surface area (Å²) < 4.78 is 29.6. The molecule has 1 rings (SSSR count). The molecule has 1 aromatic rings. The molecule has 0 fully saturated rings. The third kappa shape index (κ3) is 4.58. The van der Waals surface area contributed by atoms with E-state index in [1.54, 1.807) is 19.1 Å². The van der Waals surface area contributed by atoms with E-state index < -0.39 is 6.43 Å². The van der Waals surface area contributed by atoms with E-state index in [1.807, 2.05) is 31.3 Å². The number of alkyl halides is 2. The van der Waals surface area contributed by atoms with E-state index in [2.05, 4.69) is 5.32 Å². The maximum atomic E-state index is 12.3. The van der Waals surface area contributed by atoms with Crippen molar-refractivity contribution in [2.75, 3.05) is 34.3 Å². The largest absolute Gasteiger partial charge is 0.497 e. The quantitative estimate of drug-likeness (QED) is 0.811. The van der Waals surface area contributed by atoms with Crippen molar-refractivity contribution in [2.24, 2.45) is 0 Å². The summed E-state index contributed by atoms with van der Waals surface area (Å²) in [7, 11) is 5.13. The number of rotatable bonds is 7. The van der Waals surface area contributed by atoms with E-state index in [0.29, 0.717) is 6.54 Å². The van der Waals surface area contributed by atoms with Gasteiger partial charge in [-0.1, -0.05) is 12.1 Å². The van der Waals surface area contributed by atoms with Gasteiger partial charge in [-0.2, -0.15) is 0 Å². The molecule has 0 aliphatic heterocycles. The summed E-state index contributed by atoms with van der Waals surface area (Å²) in [5.74, 6) is 0.787. The number of ether oxygens (including phenoxy) is 1. The first kappa shape index (κ1) is 14.9. The van der Waals surface area contributed by atoms with Gasteiger partial charge in [-0.25, -0.2) is 8.78 Å². The van der Waals surface area contributed by atoms with Gasteiger partial charge in [0.15, 0.2) is 0 Å². The first-order chi connectivity index (χ1) is 8.56. The highest BCUT2D eigenvalue weighted by molar-refractivity contribution is 5.29. The number of hydrogen-bond donors (Lipinski definition) is 1. The van der Waals surface area contributed by atoms with Gasteiger partial charge >= 0.3 is 0 Å². The highest BCUT2D eigenvalue weighted by Crippen LogP contribution is 2.18. The smallest absolute Gasteiger partial charge is 0.251 e. The lowest BCUT2D eigenvalue weighted by Gasteiger charge is -2.24. The van der Waals surface area contributed by atoms with Gasteiger partial charge in [-0.05, 0) is 31.8 Å². The van der Waals surface area contributed by atoms with Crippen LogP contribution in [-0.2, 0) is 0 Å².